The zero-order valence-electron chi connectivity index (χ0n) is 14.1. The van der Waals surface area contributed by atoms with Gasteiger partial charge in [0.15, 0.2) is 0 Å². The first-order valence-corrected chi connectivity index (χ1v) is 7.86. The molecule has 2 aromatic rings. The van der Waals surface area contributed by atoms with Crippen LogP contribution in [0.5, 0.6) is 0 Å². The van der Waals surface area contributed by atoms with Crippen LogP contribution in [-0.4, -0.2) is 35.3 Å². The number of hydrogen-bond acceptors (Lipinski definition) is 3. The van der Waals surface area contributed by atoms with Gasteiger partial charge in [-0.2, -0.15) is 13.2 Å². The van der Waals surface area contributed by atoms with E-state index in [1.807, 2.05) is 6.07 Å². The number of pyridine rings is 1. The van der Waals surface area contributed by atoms with E-state index in [1.165, 1.54) is 30.1 Å². The van der Waals surface area contributed by atoms with Crippen LogP contribution in [-0.2, 0) is 22.2 Å². The summed E-state index contributed by atoms with van der Waals surface area (Å²) in [5.41, 5.74) is -0.377. The molecule has 0 aliphatic rings. The van der Waals surface area contributed by atoms with Gasteiger partial charge in [0.2, 0.25) is 11.8 Å². The summed E-state index contributed by atoms with van der Waals surface area (Å²) in [6.45, 7) is -0.335. The molecule has 0 aliphatic heterocycles. The molecule has 0 saturated heterocycles. The van der Waals surface area contributed by atoms with E-state index in [0.717, 1.165) is 11.6 Å². The lowest BCUT2D eigenvalue weighted by Crippen LogP contribution is -2.35. The van der Waals surface area contributed by atoms with Crippen LogP contribution in [0.4, 0.5) is 18.9 Å². The molecule has 1 heterocycles. The maximum Gasteiger partial charge on any atom is 0.418 e. The van der Waals surface area contributed by atoms with Crippen molar-refractivity contribution in [3.8, 4) is 0 Å². The summed E-state index contributed by atoms with van der Waals surface area (Å²) in [5, 5.41) is 2.21. The van der Waals surface area contributed by atoms with Crippen molar-refractivity contribution in [2.75, 3.05) is 18.9 Å². The third-order valence-corrected chi connectivity index (χ3v) is 3.66. The number of carbonyl (C=O) groups excluding carboxylic acids is 2. The average Bonchev–Trinajstić information content (AvgIpc) is 2.60. The highest BCUT2D eigenvalue weighted by atomic mass is 19.4. The second kappa shape index (κ2) is 8.46. The molecule has 0 saturated carbocycles. The fraction of sp³-hybridized carbons (Fsp3) is 0.278. The number of alkyl halides is 3. The molecule has 0 aliphatic carbocycles. The Morgan fingerprint density at radius 1 is 1.15 bits per heavy atom. The molecule has 1 N–H and O–H groups in total. The Bertz CT molecular complexity index is 764. The molecule has 2 amide bonds. The van der Waals surface area contributed by atoms with Gasteiger partial charge in [0.05, 0.1) is 17.8 Å². The normalized spacial score (nSPS) is 11.1. The number of halogens is 3. The van der Waals surface area contributed by atoms with E-state index in [2.05, 4.69) is 10.3 Å². The smallest absolute Gasteiger partial charge is 0.336 e. The van der Waals surface area contributed by atoms with E-state index in [0.29, 0.717) is 6.42 Å². The third-order valence-electron chi connectivity index (χ3n) is 3.66. The molecular weight excluding hydrogens is 347 g/mol. The molecular formula is C18H18F3N3O2. The van der Waals surface area contributed by atoms with Crippen LogP contribution in [0.1, 0.15) is 17.5 Å². The molecule has 0 spiro atoms. The largest absolute Gasteiger partial charge is 0.418 e. The van der Waals surface area contributed by atoms with Crippen molar-refractivity contribution in [1.82, 2.24) is 9.88 Å². The summed E-state index contributed by atoms with van der Waals surface area (Å²) in [7, 11) is 1.43. The number of aryl methyl sites for hydroxylation is 1. The van der Waals surface area contributed by atoms with Gasteiger partial charge >= 0.3 is 6.18 Å². The van der Waals surface area contributed by atoms with E-state index < -0.39 is 17.6 Å². The van der Waals surface area contributed by atoms with Crippen LogP contribution in [0.25, 0.3) is 0 Å². The SMILES string of the molecule is CN(CC(=O)Nc1ccccc1C(F)(F)F)C(=O)CCc1cccnc1. The number of para-hydroxylation sites is 1. The second-order valence-electron chi connectivity index (χ2n) is 5.70. The highest BCUT2D eigenvalue weighted by Crippen LogP contribution is 2.34. The maximum absolute atomic E-state index is 12.9. The molecule has 0 radical (unpaired) electrons. The number of benzene rings is 1. The van der Waals surface area contributed by atoms with Crippen LogP contribution >= 0.6 is 0 Å². The van der Waals surface area contributed by atoms with Gasteiger partial charge in [0, 0.05) is 25.9 Å². The summed E-state index contributed by atoms with van der Waals surface area (Å²) in [6, 6.07) is 8.29. The monoisotopic (exact) mass is 365 g/mol. The summed E-state index contributed by atoms with van der Waals surface area (Å²) in [5.74, 6) is -0.980. The summed E-state index contributed by atoms with van der Waals surface area (Å²) < 4.78 is 38.8. The first-order valence-electron chi connectivity index (χ1n) is 7.86. The van der Waals surface area contributed by atoms with E-state index in [-0.39, 0.29) is 24.6 Å². The first-order chi connectivity index (χ1) is 12.3. The second-order valence-corrected chi connectivity index (χ2v) is 5.70. The quantitative estimate of drug-likeness (QED) is 0.856. The highest BCUT2D eigenvalue weighted by Gasteiger charge is 2.33. The van der Waals surface area contributed by atoms with Crippen molar-refractivity contribution in [2.24, 2.45) is 0 Å². The Morgan fingerprint density at radius 2 is 1.88 bits per heavy atom. The molecule has 2 rings (SSSR count). The highest BCUT2D eigenvalue weighted by molar-refractivity contribution is 5.95. The summed E-state index contributed by atoms with van der Waals surface area (Å²) in [4.78, 5) is 29.2. The fourth-order valence-corrected chi connectivity index (χ4v) is 2.32. The molecule has 26 heavy (non-hydrogen) atoms. The van der Waals surface area contributed by atoms with Gasteiger partial charge in [-0.05, 0) is 30.2 Å². The predicted octanol–water partition coefficient (Wildman–Crippen LogP) is 3.13. The lowest BCUT2D eigenvalue weighted by Gasteiger charge is -2.18. The number of hydrogen-bond donors (Lipinski definition) is 1. The van der Waals surface area contributed by atoms with Gasteiger partial charge in [-0.3, -0.25) is 14.6 Å². The Balaban J connectivity index is 1.90. The third kappa shape index (κ3) is 5.58. The van der Waals surface area contributed by atoms with Crippen molar-refractivity contribution in [2.45, 2.75) is 19.0 Å². The zero-order valence-corrected chi connectivity index (χ0v) is 14.1. The Kier molecular flexibility index (Phi) is 6.32. The van der Waals surface area contributed by atoms with Crippen molar-refractivity contribution in [3.05, 3.63) is 59.9 Å². The number of anilines is 1. The van der Waals surface area contributed by atoms with Gasteiger partial charge in [-0.1, -0.05) is 18.2 Å². The van der Waals surface area contributed by atoms with Crippen molar-refractivity contribution >= 4 is 17.5 Å². The number of rotatable bonds is 6. The maximum atomic E-state index is 12.9. The number of aromatic nitrogens is 1. The minimum atomic E-state index is -4.57. The molecule has 0 fully saturated rings. The van der Waals surface area contributed by atoms with Crippen molar-refractivity contribution in [1.29, 1.82) is 0 Å². The minimum Gasteiger partial charge on any atom is -0.336 e. The number of likely N-dealkylation sites (N-methyl/N-ethyl adjacent to an activating group) is 1. The van der Waals surface area contributed by atoms with Crippen LogP contribution < -0.4 is 5.32 Å². The molecule has 0 bridgehead atoms. The molecule has 0 atom stereocenters. The van der Waals surface area contributed by atoms with E-state index >= 15 is 0 Å². The van der Waals surface area contributed by atoms with Gasteiger partial charge in [-0.15, -0.1) is 0 Å². The summed E-state index contributed by atoms with van der Waals surface area (Å²) >= 11 is 0. The molecule has 1 aromatic heterocycles. The number of nitrogens with one attached hydrogen (secondary N) is 1. The van der Waals surface area contributed by atoms with Crippen LogP contribution in [0.2, 0.25) is 0 Å². The topological polar surface area (TPSA) is 62.3 Å². The van der Waals surface area contributed by atoms with E-state index in [1.54, 1.807) is 18.5 Å². The standard InChI is InChI=1S/C18H18F3N3O2/c1-24(17(26)9-8-13-5-4-10-22-11-13)12-16(25)23-15-7-3-2-6-14(15)18(19,20)21/h2-7,10-11H,8-9,12H2,1H3,(H,23,25). The first kappa shape index (κ1) is 19.4. The molecule has 1 aromatic carbocycles. The lowest BCUT2D eigenvalue weighted by molar-refractivity contribution is -0.137. The van der Waals surface area contributed by atoms with Gasteiger partial charge in [0.25, 0.3) is 0 Å². The van der Waals surface area contributed by atoms with Crippen LogP contribution in [0.15, 0.2) is 48.8 Å². The number of carbonyl (C=O) groups is 2. The lowest BCUT2D eigenvalue weighted by atomic mass is 10.1. The average molecular weight is 365 g/mol. The van der Waals surface area contributed by atoms with E-state index in [9.17, 15) is 22.8 Å². The van der Waals surface area contributed by atoms with Crippen LogP contribution in [0, 0.1) is 0 Å². The van der Waals surface area contributed by atoms with Gasteiger partial charge in [0.1, 0.15) is 0 Å². The molecule has 5 nitrogen and oxygen atoms in total. The summed E-state index contributed by atoms with van der Waals surface area (Å²) in [6.07, 6.45) is -0.659. The molecule has 138 valence electrons. The van der Waals surface area contributed by atoms with E-state index in [4.69, 9.17) is 0 Å². The van der Waals surface area contributed by atoms with Crippen molar-refractivity contribution in [3.63, 3.8) is 0 Å². The minimum absolute atomic E-state index is 0.175. The van der Waals surface area contributed by atoms with Crippen LogP contribution in [0.3, 0.4) is 0 Å². The Hall–Kier alpha value is -2.90. The zero-order chi connectivity index (χ0) is 19.2. The fourth-order valence-electron chi connectivity index (χ4n) is 2.32. The molecule has 8 heteroatoms. The number of amides is 2. The van der Waals surface area contributed by atoms with Gasteiger partial charge < -0.3 is 10.2 Å². The van der Waals surface area contributed by atoms with Gasteiger partial charge in [-0.25, -0.2) is 0 Å². The predicted molar refractivity (Wildman–Crippen MR) is 90.3 cm³/mol. The molecule has 0 unspecified atom stereocenters. The Labute approximate surface area is 148 Å². The van der Waals surface area contributed by atoms with Crippen molar-refractivity contribution < 1.29 is 22.8 Å². The Morgan fingerprint density at radius 3 is 2.54 bits per heavy atom. The number of nitrogens with zero attached hydrogens (tertiary/aromatic N) is 2.